The average Bonchev–Trinajstić information content (AvgIpc) is 3.05. The number of hydrogen-bond acceptors (Lipinski definition) is 11. The Hall–Kier alpha value is -0.440. The second-order valence-electron chi connectivity index (χ2n) is 7.43. The lowest BCUT2D eigenvalue weighted by atomic mass is 9.98. The molecule has 2 aliphatic heterocycles. The van der Waals surface area contributed by atoms with E-state index in [0.717, 1.165) is 0 Å². The molecule has 11 heteroatoms. The summed E-state index contributed by atoms with van der Waals surface area (Å²) in [5.41, 5.74) is 0. The highest BCUT2D eigenvalue weighted by Crippen LogP contribution is 2.40. The zero-order valence-corrected chi connectivity index (χ0v) is 19.7. The third-order valence-corrected chi connectivity index (χ3v) is 5.71. The third-order valence-electron chi connectivity index (χ3n) is 5.71. The van der Waals surface area contributed by atoms with Crippen LogP contribution < -0.4 is 0 Å². The van der Waals surface area contributed by atoms with Crippen LogP contribution in [0.4, 0.5) is 0 Å². The van der Waals surface area contributed by atoms with Crippen LogP contribution in [-0.4, -0.2) is 132 Å². The highest BCUT2D eigenvalue weighted by molar-refractivity contribution is 5.01. The maximum absolute atomic E-state index is 6.45. The van der Waals surface area contributed by atoms with E-state index in [1.54, 1.807) is 56.9 Å². The van der Waals surface area contributed by atoms with Crippen molar-refractivity contribution in [3.05, 3.63) is 0 Å². The monoisotopic (exact) mass is 454 g/mol. The quantitative estimate of drug-likeness (QED) is 0.371. The lowest BCUT2D eigenvalue weighted by molar-refractivity contribution is -0.390. The van der Waals surface area contributed by atoms with E-state index in [4.69, 9.17) is 52.1 Å². The normalized spacial score (nSPS) is 41.0. The van der Waals surface area contributed by atoms with Gasteiger partial charge in [0.2, 0.25) is 5.79 Å². The number of methoxy groups -OCH3 is 8. The van der Waals surface area contributed by atoms with E-state index in [-0.39, 0.29) is 19.8 Å². The highest BCUT2D eigenvalue weighted by Gasteiger charge is 2.60. The Morgan fingerprint density at radius 2 is 1.19 bits per heavy atom. The second-order valence-corrected chi connectivity index (χ2v) is 7.43. The highest BCUT2D eigenvalue weighted by atomic mass is 16.8. The molecule has 0 saturated carbocycles. The van der Waals surface area contributed by atoms with Gasteiger partial charge in [-0.05, 0) is 0 Å². The average molecular weight is 455 g/mol. The fraction of sp³-hybridized carbons (Fsp3) is 1.00. The maximum Gasteiger partial charge on any atom is 0.224 e. The fourth-order valence-corrected chi connectivity index (χ4v) is 4.43. The topological polar surface area (TPSA) is 102 Å². The fourth-order valence-electron chi connectivity index (χ4n) is 4.43. The minimum Gasteiger partial charge on any atom is -0.382 e. The van der Waals surface area contributed by atoms with Crippen LogP contribution in [-0.2, 0) is 52.1 Å². The van der Waals surface area contributed by atoms with Crippen molar-refractivity contribution in [2.75, 3.05) is 76.7 Å². The summed E-state index contributed by atoms with van der Waals surface area (Å²) < 4.78 is 63.5. The number of ether oxygens (including phenoxy) is 11. The van der Waals surface area contributed by atoms with Crippen LogP contribution in [0.15, 0.2) is 0 Å². The molecule has 2 heterocycles. The Labute approximate surface area is 184 Å². The first kappa shape index (κ1) is 26.8. The minimum atomic E-state index is -1.34. The molecule has 0 spiro atoms. The number of hydrogen-bond donors (Lipinski definition) is 0. The molecule has 2 fully saturated rings. The van der Waals surface area contributed by atoms with Crippen LogP contribution in [0.3, 0.4) is 0 Å². The minimum absolute atomic E-state index is 0.0577. The Balaban J connectivity index is 2.38. The smallest absolute Gasteiger partial charge is 0.224 e. The van der Waals surface area contributed by atoms with Crippen LogP contribution in [0.1, 0.15) is 0 Å². The standard InChI is InChI=1S/C20H38O11/c1-21-9-12-14(24-4)16(26-6)17(27-7)19(29-12)31-20(11-23-3)18(28-8)15(25-5)13(30-20)10-22-2/h12-19H,9-11H2,1-8H3/t12-,13+,14-,15-,16+,17+,18-,19+,20-/m1/s1. The van der Waals surface area contributed by atoms with Gasteiger partial charge in [0, 0.05) is 56.9 Å². The molecule has 2 saturated heterocycles. The Bertz CT molecular complexity index is 510. The van der Waals surface area contributed by atoms with Gasteiger partial charge in [-0.3, -0.25) is 0 Å². The van der Waals surface area contributed by atoms with Gasteiger partial charge in [-0.15, -0.1) is 0 Å². The van der Waals surface area contributed by atoms with Crippen LogP contribution in [0.25, 0.3) is 0 Å². The maximum atomic E-state index is 6.45. The van der Waals surface area contributed by atoms with Crippen molar-refractivity contribution in [2.45, 2.75) is 54.8 Å². The van der Waals surface area contributed by atoms with Crippen LogP contribution in [0.2, 0.25) is 0 Å². The van der Waals surface area contributed by atoms with Gasteiger partial charge in [-0.1, -0.05) is 0 Å². The Kier molecular flexibility index (Phi) is 11.0. The summed E-state index contributed by atoms with van der Waals surface area (Å²) in [5.74, 6) is -1.34. The molecule has 2 rings (SSSR count). The van der Waals surface area contributed by atoms with E-state index >= 15 is 0 Å². The molecule has 0 aromatic rings. The summed E-state index contributed by atoms with van der Waals surface area (Å²) in [5, 5.41) is 0. The first-order chi connectivity index (χ1) is 15.0. The summed E-state index contributed by atoms with van der Waals surface area (Å²) >= 11 is 0. The summed E-state index contributed by atoms with van der Waals surface area (Å²) in [6.07, 6.45) is -4.42. The van der Waals surface area contributed by atoms with Gasteiger partial charge in [-0.25, -0.2) is 0 Å². The molecule has 0 N–H and O–H groups in total. The Morgan fingerprint density at radius 1 is 0.613 bits per heavy atom. The zero-order valence-electron chi connectivity index (χ0n) is 19.7. The van der Waals surface area contributed by atoms with Gasteiger partial charge in [-0.2, -0.15) is 0 Å². The van der Waals surface area contributed by atoms with Crippen LogP contribution in [0.5, 0.6) is 0 Å². The van der Waals surface area contributed by atoms with Crippen LogP contribution in [0, 0.1) is 0 Å². The van der Waals surface area contributed by atoms with Crippen molar-refractivity contribution >= 4 is 0 Å². The first-order valence-electron chi connectivity index (χ1n) is 10.1. The molecule has 11 nitrogen and oxygen atoms in total. The lowest BCUT2D eigenvalue weighted by Crippen LogP contribution is -2.64. The van der Waals surface area contributed by atoms with E-state index in [1.165, 1.54) is 0 Å². The molecule has 0 aromatic heterocycles. The molecule has 2 aliphatic rings. The van der Waals surface area contributed by atoms with Crippen molar-refractivity contribution in [3.8, 4) is 0 Å². The molecule has 0 aliphatic carbocycles. The SMILES string of the molecule is COC[C@@H]1O[C@](COC)(O[C@@H]2O[C@H](COC)[C@@H](OC)[C@H](OC)[C@@H]2OC)[C@H](OC)[C@@H]1OC. The lowest BCUT2D eigenvalue weighted by Gasteiger charge is -2.47. The van der Waals surface area contributed by atoms with E-state index in [9.17, 15) is 0 Å². The zero-order chi connectivity index (χ0) is 23.0. The van der Waals surface area contributed by atoms with E-state index in [1.807, 2.05) is 0 Å². The molecule has 9 atom stereocenters. The van der Waals surface area contributed by atoms with Crippen molar-refractivity contribution in [2.24, 2.45) is 0 Å². The van der Waals surface area contributed by atoms with E-state index in [0.29, 0.717) is 0 Å². The second kappa shape index (κ2) is 12.7. The van der Waals surface area contributed by atoms with Gasteiger partial charge in [0.1, 0.15) is 49.3 Å². The Morgan fingerprint density at radius 3 is 1.68 bits per heavy atom. The van der Waals surface area contributed by atoms with Gasteiger partial charge >= 0.3 is 0 Å². The molecule has 0 aromatic carbocycles. The summed E-state index contributed by atoms with van der Waals surface area (Å²) in [6, 6.07) is 0. The van der Waals surface area contributed by atoms with Gasteiger partial charge in [0.25, 0.3) is 0 Å². The van der Waals surface area contributed by atoms with Gasteiger partial charge in [0.15, 0.2) is 6.29 Å². The molecule has 0 unspecified atom stereocenters. The van der Waals surface area contributed by atoms with Crippen molar-refractivity contribution in [1.29, 1.82) is 0 Å². The van der Waals surface area contributed by atoms with Gasteiger partial charge in [0.05, 0.1) is 13.2 Å². The molecule has 184 valence electrons. The van der Waals surface area contributed by atoms with E-state index in [2.05, 4.69) is 0 Å². The molecule has 0 radical (unpaired) electrons. The molecule has 0 amide bonds. The molecule has 0 bridgehead atoms. The summed E-state index contributed by atoms with van der Waals surface area (Å²) in [6.45, 7) is 0.612. The van der Waals surface area contributed by atoms with E-state index < -0.39 is 54.8 Å². The number of rotatable bonds is 13. The van der Waals surface area contributed by atoms with Crippen LogP contribution >= 0.6 is 0 Å². The third kappa shape index (κ3) is 5.56. The predicted molar refractivity (Wildman–Crippen MR) is 107 cm³/mol. The van der Waals surface area contributed by atoms with Crippen molar-refractivity contribution < 1.29 is 52.1 Å². The molecular weight excluding hydrogens is 416 g/mol. The largest absolute Gasteiger partial charge is 0.382 e. The van der Waals surface area contributed by atoms with Crippen molar-refractivity contribution in [1.82, 2.24) is 0 Å². The molecule has 31 heavy (non-hydrogen) atoms. The molecular formula is C20H38O11. The predicted octanol–water partition coefficient (Wildman–Crippen LogP) is -0.163. The first-order valence-corrected chi connectivity index (χ1v) is 10.1. The summed E-state index contributed by atoms with van der Waals surface area (Å²) in [4.78, 5) is 0. The summed E-state index contributed by atoms with van der Waals surface area (Å²) in [7, 11) is 12.6. The van der Waals surface area contributed by atoms with Crippen molar-refractivity contribution in [3.63, 3.8) is 0 Å². The van der Waals surface area contributed by atoms with Gasteiger partial charge < -0.3 is 52.1 Å².